The van der Waals surface area contributed by atoms with Gasteiger partial charge in [0.05, 0.1) is 17.9 Å². The highest BCUT2D eigenvalue weighted by Crippen LogP contribution is 2.24. The molecule has 0 unspecified atom stereocenters. The first kappa shape index (κ1) is 25.8. The van der Waals surface area contributed by atoms with Crippen LogP contribution >= 0.6 is 11.8 Å². The van der Waals surface area contributed by atoms with E-state index in [0.717, 1.165) is 19.3 Å². The van der Waals surface area contributed by atoms with E-state index in [1.165, 1.54) is 17.3 Å². The number of thioether (sulfide) groups is 1. The van der Waals surface area contributed by atoms with Crippen LogP contribution in [0.5, 0.6) is 0 Å². The fourth-order valence-corrected chi connectivity index (χ4v) is 4.75. The fourth-order valence-electron chi connectivity index (χ4n) is 3.88. The van der Waals surface area contributed by atoms with Crippen molar-refractivity contribution in [1.29, 1.82) is 0 Å². The molecule has 0 aliphatic carbocycles. The van der Waals surface area contributed by atoms with Crippen molar-refractivity contribution >= 4 is 29.5 Å². The Morgan fingerprint density at radius 3 is 2.47 bits per heavy atom. The predicted octanol–water partition coefficient (Wildman–Crippen LogP) is 3.18. The van der Waals surface area contributed by atoms with E-state index in [0.29, 0.717) is 42.6 Å². The second-order valence-corrected chi connectivity index (χ2v) is 9.23. The quantitative estimate of drug-likeness (QED) is 0.300. The lowest BCUT2D eigenvalue weighted by atomic mass is 9.90. The Morgan fingerprint density at radius 1 is 1.03 bits per heavy atom. The molecule has 8 heteroatoms. The van der Waals surface area contributed by atoms with Crippen molar-refractivity contribution in [3.63, 3.8) is 0 Å². The number of amides is 2. The predicted molar refractivity (Wildman–Crippen MR) is 132 cm³/mol. The van der Waals surface area contributed by atoms with Crippen LogP contribution in [0.4, 0.5) is 0 Å². The maximum Gasteiger partial charge on any atom is 0.339 e. The summed E-state index contributed by atoms with van der Waals surface area (Å²) in [6, 6.07) is 17.3. The Balaban J connectivity index is 1.43. The van der Waals surface area contributed by atoms with Gasteiger partial charge in [0.25, 0.3) is 5.91 Å². The number of rotatable bonds is 11. The number of nitrogens with one attached hydrogen (secondary N) is 1. The number of carbonyl (C=O) groups is 3. The zero-order valence-electron chi connectivity index (χ0n) is 19.5. The molecule has 7 nitrogen and oxygen atoms in total. The van der Waals surface area contributed by atoms with E-state index < -0.39 is 5.97 Å². The van der Waals surface area contributed by atoms with Gasteiger partial charge in [-0.25, -0.2) is 4.79 Å². The highest BCUT2D eigenvalue weighted by molar-refractivity contribution is 8.00. The number of ether oxygens (including phenoxy) is 2. The molecule has 2 amide bonds. The summed E-state index contributed by atoms with van der Waals surface area (Å²) in [5, 5.41) is 2.74. The van der Waals surface area contributed by atoms with Gasteiger partial charge >= 0.3 is 5.97 Å². The number of likely N-dealkylation sites (tertiary alicyclic amines) is 1. The smallest absolute Gasteiger partial charge is 0.339 e. The third-order valence-corrected chi connectivity index (χ3v) is 6.83. The first-order valence-electron chi connectivity index (χ1n) is 11.5. The number of methoxy groups -OCH3 is 1. The molecule has 2 aromatic rings. The number of hydrogen-bond donors (Lipinski definition) is 1. The minimum Gasteiger partial charge on any atom is -0.452 e. The van der Waals surface area contributed by atoms with E-state index in [4.69, 9.17) is 9.47 Å². The van der Waals surface area contributed by atoms with Gasteiger partial charge in [0, 0.05) is 31.6 Å². The van der Waals surface area contributed by atoms with Gasteiger partial charge in [-0.15, -0.1) is 11.8 Å². The van der Waals surface area contributed by atoms with Crippen molar-refractivity contribution < 1.29 is 23.9 Å². The summed E-state index contributed by atoms with van der Waals surface area (Å²) in [6.45, 7) is 1.96. The number of carbonyl (C=O) groups excluding carboxylic acids is 3. The van der Waals surface area contributed by atoms with Crippen LogP contribution in [0, 0.1) is 5.92 Å². The van der Waals surface area contributed by atoms with Crippen LogP contribution in [0.25, 0.3) is 0 Å². The average molecular weight is 485 g/mol. The molecular formula is C26H32N2O5S. The Kier molecular flexibility index (Phi) is 10.4. The molecule has 1 aliphatic rings. The van der Waals surface area contributed by atoms with Gasteiger partial charge in [0.1, 0.15) is 0 Å². The zero-order chi connectivity index (χ0) is 24.2. The van der Waals surface area contributed by atoms with E-state index in [1.54, 1.807) is 36.3 Å². The Bertz CT molecular complexity index is 945. The van der Waals surface area contributed by atoms with Gasteiger partial charge in [0.2, 0.25) is 5.91 Å². The summed E-state index contributed by atoms with van der Waals surface area (Å²) < 4.78 is 10.2. The molecule has 0 saturated carbocycles. The fraction of sp³-hybridized carbons (Fsp3) is 0.423. The molecule has 182 valence electrons. The zero-order valence-corrected chi connectivity index (χ0v) is 20.4. The Morgan fingerprint density at radius 2 is 1.74 bits per heavy atom. The Hall–Kier alpha value is -2.84. The van der Waals surface area contributed by atoms with Crippen LogP contribution in [-0.2, 0) is 25.5 Å². The second kappa shape index (κ2) is 13.8. The van der Waals surface area contributed by atoms with Crippen molar-refractivity contribution in [1.82, 2.24) is 10.2 Å². The number of esters is 1. The van der Waals surface area contributed by atoms with Gasteiger partial charge in [-0.1, -0.05) is 42.5 Å². The molecule has 3 rings (SSSR count). The topological polar surface area (TPSA) is 84.9 Å². The van der Waals surface area contributed by atoms with Crippen molar-refractivity contribution in [2.75, 3.05) is 45.7 Å². The monoisotopic (exact) mass is 484 g/mol. The van der Waals surface area contributed by atoms with Gasteiger partial charge in [-0.2, -0.15) is 0 Å². The summed E-state index contributed by atoms with van der Waals surface area (Å²) in [7, 11) is 1.57. The molecule has 1 aliphatic heterocycles. The second-order valence-electron chi connectivity index (χ2n) is 8.22. The summed E-state index contributed by atoms with van der Waals surface area (Å²) >= 11 is 1.26. The summed E-state index contributed by atoms with van der Waals surface area (Å²) in [5.74, 6) is -0.143. The van der Waals surface area contributed by atoms with Crippen molar-refractivity contribution in [3.8, 4) is 0 Å². The highest BCUT2D eigenvalue weighted by atomic mass is 32.2. The number of hydrogen-bond acceptors (Lipinski definition) is 6. The van der Waals surface area contributed by atoms with Crippen LogP contribution in [0.15, 0.2) is 59.5 Å². The molecule has 34 heavy (non-hydrogen) atoms. The number of nitrogens with zero attached hydrogens (tertiary/aromatic N) is 1. The van der Waals surface area contributed by atoms with E-state index in [-0.39, 0.29) is 24.2 Å². The van der Waals surface area contributed by atoms with E-state index in [1.807, 2.05) is 6.07 Å². The average Bonchev–Trinajstić information content (AvgIpc) is 2.87. The molecule has 0 bridgehead atoms. The van der Waals surface area contributed by atoms with Gasteiger partial charge in [-0.05, 0) is 42.9 Å². The third kappa shape index (κ3) is 8.18. The molecule has 2 aromatic carbocycles. The van der Waals surface area contributed by atoms with Crippen LogP contribution in [0.2, 0.25) is 0 Å². The minimum atomic E-state index is -0.560. The number of benzene rings is 2. The lowest BCUT2D eigenvalue weighted by Crippen LogP contribution is -2.41. The van der Waals surface area contributed by atoms with Gasteiger partial charge < -0.3 is 19.7 Å². The van der Waals surface area contributed by atoms with Crippen LogP contribution < -0.4 is 5.32 Å². The highest BCUT2D eigenvalue weighted by Gasteiger charge is 2.24. The first-order chi connectivity index (χ1) is 16.6. The van der Waals surface area contributed by atoms with Gasteiger partial charge in [0.15, 0.2) is 6.61 Å². The molecule has 0 radical (unpaired) electrons. The van der Waals surface area contributed by atoms with E-state index in [2.05, 4.69) is 29.6 Å². The lowest BCUT2D eigenvalue weighted by molar-refractivity contribution is -0.135. The van der Waals surface area contributed by atoms with E-state index in [9.17, 15) is 14.4 Å². The molecule has 1 saturated heterocycles. The third-order valence-electron chi connectivity index (χ3n) is 5.76. The van der Waals surface area contributed by atoms with Crippen LogP contribution in [0.1, 0.15) is 28.8 Å². The van der Waals surface area contributed by atoms with E-state index >= 15 is 0 Å². The Labute approximate surface area is 205 Å². The minimum absolute atomic E-state index is 0.143. The molecular weight excluding hydrogens is 452 g/mol. The molecule has 0 atom stereocenters. The lowest BCUT2D eigenvalue weighted by Gasteiger charge is -2.32. The summed E-state index contributed by atoms with van der Waals surface area (Å²) in [6.07, 6.45) is 2.91. The SMILES string of the molecule is COCCNC(=O)CSc1ccccc1C(=O)OCC(=O)N1CCC(Cc2ccccc2)CC1. The maximum absolute atomic E-state index is 12.6. The molecule has 0 aromatic heterocycles. The summed E-state index contributed by atoms with van der Waals surface area (Å²) in [5.41, 5.74) is 1.68. The normalized spacial score (nSPS) is 14.0. The van der Waals surface area contributed by atoms with Crippen molar-refractivity contribution in [3.05, 3.63) is 65.7 Å². The van der Waals surface area contributed by atoms with Crippen molar-refractivity contribution in [2.45, 2.75) is 24.2 Å². The first-order valence-corrected chi connectivity index (χ1v) is 12.5. The van der Waals surface area contributed by atoms with Crippen LogP contribution in [-0.4, -0.2) is 68.4 Å². The molecule has 0 spiro atoms. The van der Waals surface area contributed by atoms with Crippen molar-refractivity contribution in [2.24, 2.45) is 5.92 Å². The van der Waals surface area contributed by atoms with Crippen LogP contribution in [0.3, 0.4) is 0 Å². The number of piperidine rings is 1. The van der Waals surface area contributed by atoms with Gasteiger partial charge in [-0.3, -0.25) is 9.59 Å². The largest absolute Gasteiger partial charge is 0.452 e. The molecule has 1 N–H and O–H groups in total. The maximum atomic E-state index is 12.6. The molecule has 1 fully saturated rings. The molecule has 1 heterocycles. The standard InChI is InChI=1S/C26H32N2O5S/c1-32-16-13-27-24(29)19-34-23-10-6-5-9-22(23)26(31)33-18-25(30)28-14-11-21(12-15-28)17-20-7-3-2-4-8-20/h2-10,21H,11-19H2,1H3,(H,27,29). The summed E-state index contributed by atoms with van der Waals surface area (Å²) in [4.78, 5) is 39.6.